The van der Waals surface area contributed by atoms with Crippen LogP contribution in [0.25, 0.3) is 22.2 Å². The molecule has 2 aromatic carbocycles. The van der Waals surface area contributed by atoms with E-state index in [0.717, 1.165) is 27.9 Å². The first-order valence-corrected chi connectivity index (χ1v) is 9.74. The second kappa shape index (κ2) is 8.00. The number of halogens is 2. The lowest BCUT2D eigenvalue weighted by Crippen LogP contribution is -2.14. The number of amides is 1. The highest BCUT2D eigenvalue weighted by atomic mass is 32.1. The average Bonchev–Trinajstić information content (AvgIpc) is 3.25. The molecule has 2 aromatic heterocycles. The van der Waals surface area contributed by atoms with Crippen molar-refractivity contribution in [1.29, 1.82) is 0 Å². The lowest BCUT2D eigenvalue weighted by molar-refractivity contribution is -0.115. The first kappa shape index (κ1) is 19.1. The van der Waals surface area contributed by atoms with Crippen LogP contribution in [0.15, 0.2) is 53.9 Å². The number of aryl methyl sites for hydroxylation is 1. The molecular weight excluding hydrogens is 396 g/mol. The van der Waals surface area contributed by atoms with Gasteiger partial charge in [0.25, 0.3) is 0 Å². The minimum Gasteiger partial charge on any atom is -0.435 e. The van der Waals surface area contributed by atoms with E-state index in [-0.39, 0.29) is 18.1 Å². The Bertz CT molecular complexity index is 1150. The number of H-pyrrole nitrogens is 1. The molecule has 29 heavy (non-hydrogen) atoms. The number of nitrogens with one attached hydrogen (secondary N) is 2. The summed E-state index contributed by atoms with van der Waals surface area (Å²) < 4.78 is 28.7. The monoisotopic (exact) mass is 413 g/mol. The number of fused-ring (bicyclic) bond motifs is 1. The van der Waals surface area contributed by atoms with E-state index in [0.29, 0.717) is 10.7 Å². The van der Waals surface area contributed by atoms with Crippen LogP contribution in [0.1, 0.15) is 11.3 Å². The summed E-state index contributed by atoms with van der Waals surface area (Å²) >= 11 is 1.35. The van der Waals surface area contributed by atoms with Crippen LogP contribution in [-0.4, -0.2) is 22.5 Å². The third kappa shape index (κ3) is 4.27. The van der Waals surface area contributed by atoms with E-state index in [9.17, 15) is 13.6 Å². The van der Waals surface area contributed by atoms with E-state index in [2.05, 4.69) is 20.0 Å². The van der Waals surface area contributed by atoms with Gasteiger partial charge in [-0.05, 0) is 30.7 Å². The smallest absolute Gasteiger partial charge is 0.387 e. The fraction of sp³-hybridized carbons (Fsp3) is 0.143. The van der Waals surface area contributed by atoms with E-state index in [1.54, 1.807) is 12.1 Å². The van der Waals surface area contributed by atoms with Gasteiger partial charge in [-0.25, -0.2) is 4.98 Å². The number of ether oxygens (including phenoxy) is 1. The molecule has 8 heteroatoms. The molecule has 1 amide bonds. The predicted octanol–water partition coefficient (Wildman–Crippen LogP) is 5.38. The number of para-hydroxylation sites is 1. The van der Waals surface area contributed by atoms with Crippen LogP contribution in [0.3, 0.4) is 0 Å². The Morgan fingerprint density at radius 2 is 1.97 bits per heavy atom. The SMILES string of the molecule is Cc1[nH]c2ccccc2c1-c1csc(NC(=O)Cc2ccc(OC(F)F)cc2)n1. The summed E-state index contributed by atoms with van der Waals surface area (Å²) in [6.45, 7) is -0.877. The molecule has 0 aliphatic rings. The van der Waals surface area contributed by atoms with Crippen LogP contribution in [0.2, 0.25) is 0 Å². The molecular formula is C21H17F2N3O2S. The third-order valence-electron chi connectivity index (χ3n) is 4.41. The summed E-state index contributed by atoms with van der Waals surface area (Å²) in [5.41, 5.74) is 4.56. The van der Waals surface area contributed by atoms with Gasteiger partial charge < -0.3 is 15.0 Å². The standard InChI is InChI=1S/C21H17F2N3O2S/c1-12-19(15-4-2-3-5-16(15)24-12)17-11-29-21(25-17)26-18(27)10-13-6-8-14(9-7-13)28-20(22)23/h2-9,11,20,24H,10H2,1H3,(H,25,26,27). The van der Waals surface area contributed by atoms with Gasteiger partial charge in [0.15, 0.2) is 5.13 Å². The first-order valence-electron chi connectivity index (χ1n) is 8.86. The number of anilines is 1. The van der Waals surface area contributed by atoms with Crippen molar-refractivity contribution in [2.75, 3.05) is 5.32 Å². The van der Waals surface area contributed by atoms with Gasteiger partial charge in [0, 0.05) is 27.5 Å². The molecule has 4 rings (SSSR count). The summed E-state index contributed by atoms with van der Waals surface area (Å²) in [7, 11) is 0. The highest BCUT2D eigenvalue weighted by Gasteiger charge is 2.15. The molecule has 0 atom stereocenters. The van der Waals surface area contributed by atoms with Crippen LogP contribution >= 0.6 is 11.3 Å². The van der Waals surface area contributed by atoms with E-state index in [4.69, 9.17) is 0 Å². The second-order valence-corrected chi connectivity index (χ2v) is 7.31. The summed E-state index contributed by atoms with van der Waals surface area (Å²) in [5, 5.41) is 6.29. The molecule has 4 aromatic rings. The molecule has 2 heterocycles. The van der Waals surface area contributed by atoms with Gasteiger partial charge in [0.1, 0.15) is 5.75 Å². The molecule has 0 unspecified atom stereocenters. The van der Waals surface area contributed by atoms with Crippen LogP contribution < -0.4 is 10.1 Å². The van der Waals surface area contributed by atoms with Crippen LogP contribution in [0, 0.1) is 6.92 Å². The molecule has 0 bridgehead atoms. The Kier molecular flexibility index (Phi) is 5.26. The van der Waals surface area contributed by atoms with Crippen molar-refractivity contribution in [3.63, 3.8) is 0 Å². The van der Waals surface area contributed by atoms with Gasteiger partial charge >= 0.3 is 6.61 Å². The zero-order chi connectivity index (χ0) is 20.4. The summed E-state index contributed by atoms with van der Waals surface area (Å²) in [4.78, 5) is 20.2. The highest BCUT2D eigenvalue weighted by molar-refractivity contribution is 7.14. The number of benzene rings is 2. The van der Waals surface area contributed by atoms with Gasteiger partial charge in [-0.3, -0.25) is 4.79 Å². The molecule has 0 spiro atoms. The fourth-order valence-corrected chi connectivity index (χ4v) is 3.91. The van der Waals surface area contributed by atoms with Crippen LogP contribution in [0.4, 0.5) is 13.9 Å². The quantitative estimate of drug-likeness (QED) is 0.446. The molecule has 148 valence electrons. The van der Waals surface area contributed by atoms with Crippen molar-refractivity contribution in [2.45, 2.75) is 20.0 Å². The van der Waals surface area contributed by atoms with Crippen molar-refractivity contribution in [3.05, 3.63) is 65.2 Å². The van der Waals surface area contributed by atoms with Crippen molar-refractivity contribution in [2.24, 2.45) is 0 Å². The minimum absolute atomic E-state index is 0.0582. The maximum Gasteiger partial charge on any atom is 0.387 e. The maximum absolute atomic E-state index is 12.3. The maximum atomic E-state index is 12.3. The number of aromatic amines is 1. The normalized spacial score (nSPS) is 11.2. The Labute approximate surface area is 169 Å². The number of nitrogens with zero attached hydrogens (tertiary/aromatic N) is 1. The lowest BCUT2D eigenvalue weighted by atomic mass is 10.1. The van der Waals surface area contributed by atoms with Crippen molar-refractivity contribution in [3.8, 4) is 17.0 Å². The molecule has 0 radical (unpaired) electrons. The number of rotatable bonds is 6. The second-order valence-electron chi connectivity index (χ2n) is 6.46. The van der Waals surface area contributed by atoms with E-state index < -0.39 is 6.61 Å². The number of aromatic nitrogens is 2. The zero-order valence-electron chi connectivity index (χ0n) is 15.4. The summed E-state index contributed by atoms with van der Waals surface area (Å²) in [5.74, 6) is -0.174. The van der Waals surface area contributed by atoms with Crippen molar-refractivity contribution >= 4 is 33.3 Å². The largest absolute Gasteiger partial charge is 0.435 e. The number of hydrogen-bond donors (Lipinski definition) is 2. The Morgan fingerprint density at radius 3 is 2.72 bits per heavy atom. The van der Waals surface area contributed by atoms with Gasteiger partial charge in [-0.1, -0.05) is 30.3 Å². The first-order chi connectivity index (χ1) is 14.0. The number of alkyl halides is 2. The van der Waals surface area contributed by atoms with E-state index in [1.165, 1.54) is 23.5 Å². The third-order valence-corrected chi connectivity index (χ3v) is 5.17. The predicted molar refractivity (Wildman–Crippen MR) is 110 cm³/mol. The zero-order valence-corrected chi connectivity index (χ0v) is 16.2. The van der Waals surface area contributed by atoms with Crippen molar-refractivity contribution in [1.82, 2.24) is 9.97 Å². The van der Waals surface area contributed by atoms with Gasteiger partial charge in [0.2, 0.25) is 5.91 Å². The highest BCUT2D eigenvalue weighted by Crippen LogP contribution is 2.33. The molecule has 5 nitrogen and oxygen atoms in total. The molecule has 0 saturated carbocycles. The number of carbonyl (C=O) groups excluding carboxylic acids is 1. The summed E-state index contributed by atoms with van der Waals surface area (Å²) in [6, 6.07) is 14.0. The van der Waals surface area contributed by atoms with Crippen molar-refractivity contribution < 1.29 is 18.3 Å². The molecule has 0 fully saturated rings. The number of carbonyl (C=O) groups is 1. The van der Waals surface area contributed by atoms with Gasteiger partial charge in [-0.2, -0.15) is 8.78 Å². The molecule has 0 aliphatic heterocycles. The topological polar surface area (TPSA) is 67.0 Å². The van der Waals surface area contributed by atoms with Gasteiger partial charge in [-0.15, -0.1) is 11.3 Å². The molecule has 2 N–H and O–H groups in total. The number of hydrogen-bond acceptors (Lipinski definition) is 4. The Hall–Kier alpha value is -3.26. The summed E-state index contributed by atoms with van der Waals surface area (Å²) in [6.07, 6.45) is 0.107. The van der Waals surface area contributed by atoms with Gasteiger partial charge in [0.05, 0.1) is 12.1 Å². The molecule has 0 aliphatic carbocycles. The number of thiazole rings is 1. The Morgan fingerprint density at radius 1 is 1.21 bits per heavy atom. The van der Waals surface area contributed by atoms with Crippen LogP contribution in [0.5, 0.6) is 5.75 Å². The minimum atomic E-state index is -2.87. The fourth-order valence-electron chi connectivity index (χ4n) is 3.19. The van der Waals surface area contributed by atoms with E-state index in [1.807, 2.05) is 36.6 Å². The van der Waals surface area contributed by atoms with E-state index >= 15 is 0 Å². The molecule has 0 saturated heterocycles. The lowest BCUT2D eigenvalue weighted by Gasteiger charge is -2.06. The van der Waals surface area contributed by atoms with Crippen LogP contribution in [-0.2, 0) is 11.2 Å². The Balaban J connectivity index is 1.45. The average molecular weight is 413 g/mol.